The van der Waals surface area contributed by atoms with Gasteiger partial charge < -0.3 is 5.11 Å². The van der Waals surface area contributed by atoms with Crippen LogP contribution in [0.3, 0.4) is 0 Å². The molecule has 200 valence electrons. The Hall–Kier alpha value is -4.70. The first-order valence-electron chi connectivity index (χ1n) is 14.2. The number of nitrogens with one attached hydrogen (secondary N) is 1. The van der Waals surface area contributed by atoms with Crippen molar-refractivity contribution in [1.82, 2.24) is 5.43 Å². The topological polar surface area (TPSA) is 35.1 Å². The lowest BCUT2D eigenvalue weighted by Crippen LogP contribution is -2.54. The molecule has 1 unspecified atom stereocenters. The second kappa shape index (κ2) is 10.4. The van der Waals surface area contributed by atoms with Gasteiger partial charge in [-0.1, -0.05) is 140 Å². The highest BCUT2D eigenvalue weighted by Crippen LogP contribution is 2.43. The second-order valence-electron chi connectivity index (χ2n) is 11.3. The zero-order valence-electron chi connectivity index (χ0n) is 23.1. The maximum Gasteiger partial charge on any atom is 0.123 e. The Bertz CT molecular complexity index is 1810. The van der Waals surface area contributed by atoms with Crippen molar-refractivity contribution in [2.75, 3.05) is 7.05 Å². The molecule has 3 nitrogen and oxygen atoms in total. The van der Waals surface area contributed by atoms with Gasteiger partial charge in [0.2, 0.25) is 0 Å². The third kappa shape index (κ3) is 4.80. The Balaban J connectivity index is 1.40. The van der Waals surface area contributed by atoms with E-state index < -0.39 is 0 Å². The van der Waals surface area contributed by atoms with Crippen LogP contribution in [-0.2, 0) is 13.1 Å². The summed E-state index contributed by atoms with van der Waals surface area (Å²) < 4.78 is 0.550. The van der Waals surface area contributed by atoms with Crippen LogP contribution in [0.1, 0.15) is 28.3 Å². The van der Waals surface area contributed by atoms with Crippen molar-refractivity contribution < 1.29 is 9.70 Å². The fraction of sp³-hybridized carbons (Fsp3) is 0.105. The number of quaternary nitrogens is 1. The van der Waals surface area contributed by atoms with Crippen LogP contribution in [0.2, 0.25) is 0 Å². The van der Waals surface area contributed by atoms with Crippen LogP contribution in [0, 0.1) is 0 Å². The fourth-order valence-corrected chi connectivity index (χ4v) is 6.44. The van der Waals surface area contributed by atoms with Gasteiger partial charge in [-0.15, -0.1) is 5.76 Å². The Morgan fingerprint density at radius 1 is 0.634 bits per heavy atom. The van der Waals surface area contributed by atoms with Crippen LogP contribution >= 0.6 is 0 Å². The molecule has 6 aromatic rings. The standard InChI is InChI=1S/C38H32N2O/c1-40(39-35(29-14-4-2-5-15-29)24-36(41)30-16-6-3-7-17-30)25-31-22-20-27-12-8-10-18-33(27)37(31)38-32(26-40)23-21-28-13-9-11-19-34(28)38/h2-24,35,39H,25-26H2,1H3/b36-24-. The summed E-state index contributed by atoms with van der Waals surface area (Å²) in [6.45, 7) is 1.56. The molecule has 0 amide bonds. The molecule has 3 heteroatoms. The predicted molar refractivity (Wildman–Crippen MR) is 167 cm³/mol. The van der Waals surface area contributed by atoms with Crippen LogP contribution in [-0.4, -0.2) is 11.6 Å². The largest absolute Gasteiger partial charge is 0.872 e. The van der Waals surface area contributed by atoms with Gasteiger partial charge in [-0.05, 0) is 43.8 Å². The van der Waals surface area contributed by atoms with Gasteiger partial charge in [0.25, 0.3) is 0 Å². The van der Waals surface area contributed by atoms with Gasteiger partial charge in [0.15, 0.2) is 0 Å². The molecule has 6 aromatic carbocycles. The number of nitrogens with zero attached hydrogens (tertiary/aromatic N) is 1. The molecule has 0 spiro atoms. The molecule has 0 fully saturated rings. The van der Waals surface area contributed by atoms with Crippen molar-refractivity contribution >= 4 is 27.3 Å². The zero-order valence-corrected chi connectivity index (χ0v) is 23.1. The average molecular weight is 533 g/mol. The van der Waals surface area contributed by atoms with E-state index in [1.54, 1.807) is 0 Å². The first-order valence-corrected chi connectivity index (χ1v) is 14.2. The zero-order chi connectivity index (χ0) is 27.8. The van der Waals surface area contributed by atoms with Gasteiger partial charge in [0.1, 0.15) is 13.1 Å². The molecule has 1 heterocycles. The summed E-state index contributed by atoms with van der Waals surface area (Å²) in [5.41, 5.74) is 10.9. The highest BCUT2D eigenvalue weighted by Gasteiger charge is 2.34. The van der Waals surface area contributed by atoms with Gasteiger partial charge in [-0.25, -0.2) is 4.59 Å². The van der Waals surface area contributed by atoms with E-state index in [4.69, 9.17) is 0 Å². The van der Waals surface area contributed by atoms with Crippen molar-refractivity contribution in [3.05, 3.63) is 162 Å². The molecule has 0 aliphatic carbocycles. The molecule has 0 bridgehead atoms. The molecule has 0 saturated carbocycles. The van der Waals surface area contributed by atoms with Gasteiger partial charge >= 0.3 is 0 Å². The molecular weight excluding hydrogens is 500 g/mol. The van der Waals surface area contributed by atoms with E-state index in [9.17, 15) is 5.11 Å². The van der Waals surface area contributed by atoms with Crippen molar-refractivity contribution in [3.8, 4) is 11.1 Å². The van der Waals surface area contributed by atoms with Crippen molar-refractivity contribution in [2.24, 2.45) is 0 Å². The number of benzene rings is 6. The summed E-state index contributed by atoms with van der Waals surface area (Å²) in [7, 11) is 2.25. The molecule has 41 heavy (non-hydrogen) atoms. The Labute approximate surface area is 241 Å². The normalized spacial score (nSPS) is 15.2. The molecule has 1 atom stereocenters. The van der Waals surface area contributed by atoms with E-state index in [1.165, 1.54) is 43.8 Å². The molecule has 1 N–H and O–H groups in total. The SMILES string of the molecule is C[N+]1(NC(/C=C(\[O-])c2ccccc2)c2ccccc2)Cc2ccc3ccccc3c2-c2c(ccc3ccccc23)C1. The Morgan fingerprint density at radius 2 is 1.12 bits per heavy atom. The predicted octanol–water partition coefficient (Wildman–Crippen LogP) is 7.77. The molecule has 0 radical (unpaired) electrons. The molecule has 7 rings (SSSR count). The van der Waals surface area contributed by atoms with E-state index in [-0.39, 0.29) is 11.8 Å². The van der Waals surface area contributed by atoms with Crippen LogP contribution in [0.4, 0.5) is 0 Å². The van der Waals surface area contributed by atoms with Crippen LogP contribution in [0.5, 0.6) is 0 Å². The van der Waals surface area contributed by atoms with E-state index in [1.807, 2.05) is 54.6 Å². The number of fused-ring (bicyclic) bond motifs is 7. The Kier molecular flexibility index (Phi) is 6.39. The quantitative estimate of drug-likeness (QED) is 0.182. The van der Waals surface area contributed by atoms with Gasteiger partial charge in [0, 0.05) is 11.1 Å². The molecule has 1 aliphatic heterocycles. The smallest absolute Gasteiger partial charge is 0.123 e. The summed E-state index contributed by atoms with van der Waals surface area (Å²) in [6.07, 6.45) is 1.83. The van der Waals surface area contributed by atoms with Gasteiger partial charge in [0.05, 0.1) is 13.1 Å². The second-order valence-corrected chi connectivity index (χ2v) is 11.3. The molecule has 1 aliphatic rings. The number of rotatable bonds is 5. The third-order valence-electron chi connectivity index (χ3n) is 8.31. The molecular formula is C38H32N2O. The van der Waals surface area contributed by atoms with Crippen molar-refractivity contribution in [2.45, 2.75) is 19.1 Å². The minimum atomic E-state index is -0.264. The first-order chi connectivity index (χ1) is 20.1. The van der Waals surface area contributed by atoms with E-state index in [2.05, 4.69) is 97.4 Å². The van der Waals surface area contributed by atoms with Crippen LogP contribution in [0.15, 0.2) is 140 Å². The van der Waals surface area contributed by atoms with E-state index in [0.717, 1.165) is 18.7 Å². The minimum Gasteiger partial charge on any atom is -0.872 e. The first kappa shape index (κ1) is 25.3. The van der Waals surface area contributed by atoms with Crippen LogP contribution < -0.4 is 10.5 Å². The van der Waals surface area contributed by atoms with E-state index >= 15 is 0 Å². The van der Waals surface area contributed by atoms with Crippen molar-refractivity contribution in [1.29, 1.82) is 0 Å². The Morgan fingerprint density at radius 3 is 1.68 bits per heavy atom. The summed E-state index contributed by atoms with van der Waals surface area (Å²) in [6, 6.07) is 46.0. The summed E-state index contributed by atoms with van der Waals surface area (Å²) in [5.74, 6) is 0.0196. The average Bonchev–Trinajstić information content (AvgIpc) is 3.15. The van der Waals surface area contributed by atoms with Gasteiger partial charge in [-0.2, -0.15) is 5.43 Å². The molecule has 0 aromatic heterocycles. The lowest BCUT2D eigenvalue weighted by atomic mass is 9.88. The van der Waals surface area contributed by atoms with Gasteiger partial charge in [-0.3, -0.25) is 0 Å². The summed E-state index contributed by atoms with van der Waals surface area (Å²) >= 11 is 0. The monoisotopic (exact) mass is 532 g/mol. The maximum atomic E-state index is 13.4. The van der Waals surface area contributed by atoms with E-state index in [0.29, 0.717) is 10.2 Å². The number of hydrogen-bond acceptors (Lipinski definition) is 2. The molecule has 0 saturated heterocycles. The lowest BCUT2D eigenvalue weighted by molar-refractivity contribution is -0.979. The fourth-order valence-electron chi connectivity index (χ4n) is 6.44. The van der Waals surface area contributed by atoms with Crippen LogP contribution in [0.25, 0.3) is 38.4 Å². The highest BCUT2D eigenvalue weighted by atomic mass is 16.3. The minimum absolute atomic E-state index is 0.0196. The summed E-state index contributed by atoms with van der Waals surface area (Å²) in [5, 5.41) is 18.5. The summed E-state index contributed by atoms with van der Waals surface area (Å²) in [4.78, 5) is 0. The maximum absolute atomic E-state index is 13.4. The highest BCUT2D eigenvalue weighted by molar-refractivity contribution is 6.07. The third-order valence-corrected chi connectivity index (χ3v) is 8.31. The van der Waals surface area contributed by atoms with Crippen molar-refractivity contribution in [3.63, 3.8) is 0 Å². The lowest BCUT2D eigenvalue weighted by Gasteiger charge is -2.37. The number of hydrogen-bond donors (Lipinski definition) is 1.